The summed E-state index contributed by atoms with van der Waals surface area (Å²) in [6.07, 6.45) is 5.12. The fourth-order valence-corrected chi connectivity index (χ4v) is 4.25. The van der Waals surface area contributed by atoms with Crippen LogP contribution in [0.5, 0.6) is 11.5 Å². The largest absolute Gasteiger partial charge is 0.508 e. The van der Waals surface area contributed by atoms with Crippen LogP contribution in [0.15, 0.2) is 54.1 Å². The molecular weight excluding hydrogens is 324 g/mol. The molecule has 4 heteroatoms. The first-order valence-corrected chi connectivity index (χ1v) is 9.43. The van der Waals surface area contributed by atoms with E-state index < -0.39 is 0 Å². The van der Waals surface area contributed by atoms with Crippen LogP contribution in [-0.2, 0) is 0 Å². The molecule has 1 aliphatic carbocycles. The molecule has 0 amide bonds. The molecule has 5 N–H and O–H groups in total. The molecule has 2 aromatic carbocycles. The number of nitrogens with two attached hydrogens (primary N) is 2. The maximum absolute atomic E-state index is 9.65. The van der Waals surface area contributed by atoms with Gasteiger partial charge in [-0.05, 0) is 61.4 Å². The van der Waals surface area contributed by atoms with Gasteiger partial charge >= 0.3 is 0 Å². The molecule has 136 valence electrons. The fraction of sp³-hybridized carbons (Fsp3) is 0.364. The smallest absolute Gasteiger partial charge is 0.147 e. The monoisotopic (exact) mass is 350 g/mol. The highest BCUT2D eigenvalue weighted by molar-refractivity contribution is 5.74. The molecule has 2 aromatic rings. The number of hydrogen-bond acceptors (Lipinski definition) is 4. The van der Waals surface area contributed by atoms with Gasteiger partial charge in [-0.15, -0.1) is 0 Å². The first kappa shape index (κ1) is 17.0. The SMILES string of the molecule is NC1=C(C2CCCC(N)CC2)C(c2ccc(O)cc2)Oc2ccccc21. The van der Waals surface area contributed by atoms with Crippen molar-refractivity contribution in [3.63, 3.8) is 0 Å². The molecule has 0 radical (unpaired) electrons. The molecular formula is C22H26N2O2. The van der Waals surface area contributed by atoms with Gasteiger partial charge in [0, 0.05) is 22.9 Å². The van der Waals surface area contributed by atoms with Gasteiger partial charge in [-0.3, -0.25) is 0 Å². The number of fused-ring (bicyclic) bond motifs is 1. The van der Waals surface area contributed by atoms with Crippen LogP contribution >= 0.6 is 0 Å². The molecule has 26 heavy (non-hydrogen) atoms. The highest BCUT2D eigenvalue weighted by Gasteiger charge is 2.34. The summed E-state index contributed by atoms with van der Waals surface area (Å²) in [6, 6.07) is 15.5. The number of benzene rings is 2. The van der Waals surface area contributed by atoms with Crippen molar-refractivity contribution in [2.24, 2.45) is 17.4 Å². The Morgan fingerprint density at radius 2 is 1.69 bits per heavy atom. The van der Waals surface area contributed by atoms with E-state index >= 15 is 0 Å². The van der Waals surface area contributed by atoms with Crippen molar-refractivity contribution in [2.45, 2.75) is 44.2 Å². The second-order valence-corrected chi connectivity index (χ2v) is 7.42. The summed E-state index contributed by atoms with van der Waals surface area (Å²) in [7, 11) is 0. The highest BCUT2D eigenvalue weighted by atomic mass is 16.5. The zero-order valence-electron chi connectivity index (χ0n) is 14.9. The quantitative estimate of drug-likeness (QED) is 0.712. The predicted octanol–water partition coefficient (Wildman–Crippen LogP) is 4.10. The van der Waals surface area contributed by atoms with E-state index in [1.165, 1.54) is 5.57 Å². The second-order valence-electron chi connectivity index (χ2n) is 7.42. The van der Waals surface area contributed by atoms with E-state index in [-0.39, 0.29) is 17.9 Å². The van der Waals surface area contributed by atoms with E-state index in [4.69, 9.17) is 16.2 Å². The normalized spacial score (nSPS) is 26.0. The Bertz CT molecular complexity index is 813. The van der Waals surface area contributed by atoms with Gasteiger partial charge in [-0.2, -0.15) is 0 Å². The molecule has 0 saturated heterocycles. The average Bonchev–Trinajstić information content (AvgIpc) is 2.87. The maximum atomic E-state index is 9.65. The van der Waals surface area contributed by atoms with E-state index in [0.717, 1.165) is 54.7 Å². The predicted molar refractivity (Wildman–Crippen MR) is 104 cm³/mol. The molecule has 4 rings (SSSR count). The minimum Gasteiger partial charge on any atom is -0.508 e. The first-order valence-electron chi connectivity index (χ1n) is 9.43. The number of rotatable bonds is 2. The van der Waals surface area contributed by atoms with Crippen molar-refractivity contribution in [3.05, 3.63) is 65.2 Å². The standard InChI is InChI=1S/C22H26N2O2/c23-16-5-3-4-14(8-11-16)20-21(24)18-6-1-2-7-19(18)26-22(20)15-9-12-17(25)13-10-15/h1-2,6-7,9-10,12-14,16,22,25H,3-5,8,11,23-24H2. The molecule has 3 unspecified atom stereocenters. The molecule has 0 spiro atoms. The van der Waals surface area contributed by atoms with Gasteiger partial charge < -0.3 is 21.3 Å². The third-order valence-electron chi connectivity index (χ3n) is 5.66. The van der Waals surface area contributed by atoms with Gasteiger partial charge in [0.25, 0.3) is 0 Å². The van der Waals surface area contributed by atoms with E-state index in [0.29, 0.717) is 5.92 Å². The van der Waals surface area contributed by atoms with E-state index in [9.17, 15) is 5.11 Å². The van der Waals surface area contributed by atoms with Crippen LogP contribution in [0.25, 0.3) is 5.70 Å². The van der Waals surface area contributed by atoms with Gasteiger partial charge in [0.05, 0.1) is 0 Å². The number of ether oxygens (including phenoxy) is 1. The highest BCUT2D eigenvalue weighted by Crippen LogP contribution is 2.46. The van der Waals surface area contributed by atoms with Gasteiger partial charge in [-0.1, -0.05) is 30.7 Å². The Morgan fingerprint density at radius 3 is 2.50 bits per heavy atom. The summed E-state index contributed by atoms with van der Waals surface area (Å²) in [5.74, 6) is 1.44. The molecule has 4 nitrogen and oxygen atoms in total. The van der Waals surface area contributed by atoms with Crippen molar-refractivity contribution in [3.8, 4) is 11.5 Å². The Balaban J connectivity index is 1.79. The fourth-order valence-electron chi connectivity index (χ4n) is 4.25. The van der Waals surface area contributed by atoms with Gasteiger partial charge in [-0.25, -0.2) is 0 Å². The molecule has 2 aliphatic rings. The van der Waals surface area contributed by atoms with E-state index in [2.05, 4.69) is 0 Å². The lowest BCUT2D eigenvalue weighted by atomic mass is 9.81. The van der Waals surface area contributed by atoms with Crippen molar-refractivity contribution < 1.29 is 9.84 Å². The zero-order valence-corrected chi connectivity index (χ0v) is 14.9. The summed E-state index contributed by atoms with van der Waals surface area (Å²) in [5.41, 5.74) is 16.9. The maximum Gasteiger partial charge on any atom is 0.147 e. The molecule has 1 heterocycles. The minimum atomic E-state index is -0.218. The lowest BCUT2D eigenvalue weighted by molar-refractivity contribution is 0.217. The Morgan fingerprint density at radius 1 is 0.923 bits per heavy atom. The van der Waals surface area contributed by atoms with Crippen LogP contribution in [0.2, 0.25) is 0 Å². The van der Waals surface area contributed by atoms with Crippen LogP contribution in [-0.4, -0.2) is 11.1 Å². The number of para-hydroxylation sites is 1. The van der Waals surface area contributed by atoms with Crippen molar-refractivity contribution in [1.29, 1.82) is 0 Å². The molecule has 0 bridgehead atoms. The van der Waals surface area contributed by atoms with Gasteiger partial charge in [0.15, 0.2) is 0 Å². The third-order valence-corrected chi connectivity index (χ3v) is 5.66. The van der Waals surface area contributed by atoms with Crippen LogP contribution in [0, 0.1) is 5.92 Å². The Kier molecular flexibility index (Phi) is 4.60. The van der Waals surface area contributed by atoms with E-state index in [1.54, 1.807) is 12.1 Å². The molecule has 1 saturated carbocycles. The molecule has 1 aliphatic heterocycles. The number of hydrogen-bond donors (Lipinski definition) is 3. The third kappa shape index (κ3) is 3.17. The first-order chi connectivity index (χ1) is 12.6. The molecule has 1 fully saturated rings. The van der Waals surface area contributed by atoms with Crippen LogP contribution in [0.4, 0.5) is 0 Å². The number of phenols is 1. The second kappa shape index (κ2) is 7.04. The Labute approximate surface area is 154 Å². The van der Waals surface area contributed by atoms with Gasteiger partial charge in [0.2, 0.25) is 0 Å². The lowest BCUT2D eigenvalue weighted by Crippen LogP contribution is -2.25. The van der Waals surface area contributed by atoms with Crippen LogP contribution < -0.4 is 16.2 Å². The summed E-state index contributed by atoms with van der Waals surface area (Å²) in [6.45, 7) is 0. The summed E-state index contributed by atoms with van der Waals surface area (Å²) in [5, 5.41) is 9.65. The van der Waals surface area contributed by atoms with Crippen LogP contribution in [0.3, 0.4) is 0 Å². The topological polar surface area (TPSA) is 81.5 Å². The average molecular weight is 350 g/mol. The van der Waals surface area contributed by atoms with Crippen molar-refractivity contribution in [1.82, 2.24) is 0 Å². The van der Waals surface area contributed by atoms with Crippen molar-refractivity contribution >= 4 is 5.70 Å². The molecule has 0 aromatic heterocycles. The minimum absolute atomic E-state index is 0.218. The summed E-state index contributed by atoms with van der Waals surface area (Å²) < 4.78 is 6.41. The Hall–Kier alpha value is -2.46. The van der Waals surface area contributed by atoms with Crippen LogP contribution in [0.1, 0.15) is 49.3 Å². The lowest BCUT2D eigenvalue weighted by Gasteiger charge is -2.34. The number of aromatic hydroxyl groups is 1. The summed E-state index contributed by atoms with van der Waals surface area (Å²) >= 11 is 0. The number of phenolic OH excluding ortho intramolecular Hbond substituents is 1. The zero-order chi connectivity index (χ0) is 18.1. The molecule has 3 atom stereocenters. The van der Waals surface area contributed by atoms with Gasteiger partial charge in [0.1, 0.15) is 17.6 Å². The van der Waals surface area contributed by atoms with E-state index in [1.807, 2.05) is 36.4 Å². The van der Waals surface area contributed by atoms with Crippen molar-refractivity contribution in [2.75, 3.05) is 0 Å². The summed E-state index contributed by atoms with van der Waals surface area (Å²) in [4.78, 5) is 0.